The molecule has 2 N–H and O–H groups in total. The molecule has 0 bridgehead atoms. The first-order valence-corrected chi connectivity index (χ1v) is 9.18. The number of nitrogens with one attached hydrogen (secondary N) is 2. The van der Waals surface area contributed by atoms with Crippen molar-refractivity contribution in [3.63, 3.8) is 0 Å². The number of nitrogens with zero attached hydrogens (tertiary/aromatic N) is 1. The van der Waals surface area contributed by atoms with E-state index in [9.17, 15) is 4.79 Å². The molecule has 5 rings (SSSR count). The maximum absolute atomic E-state index is 12.5. The van der Waals surface area contributed by atoms with Crippen LogP contribution >= 0.6 is 0 Å². The Kier molecular flexibility index (Phi) is 4.22. The standard InChI is InChI=1S/C23H17N3O3/c27-23(16-6-11-20-21(13-16)29-14-28-20)26-18-9-7-17(8-10-18)25-19-5-1-3-15-4-2-12-24-22(15)19/h1-13,25H,14H2,(H,26,27). The molecule has 0 aliphatic carbocycles. The Morgan fingerprint density at radius 1 is 0.862 bits per heavy atom. The fourth-order valence-electron chi connectivity index (χ4n) is 3.24. The van der Waals surface area contributed by atoms with Gasteiger partial charge >= 0.3 is 0 Å². The Hall–Kier alpha value is -4.06. The quantitative estimate of drug-likeness (QED) is 0.521. The first kappa shape index (κ1) is 17.1. The van der Waals surface area contributed by atoms with E-state index in [4.69, 9.17) is 9.47 Å². The van der Waals surface area contributed by atoms with Crippen LogP contribution in [0.2, 0.25) is 0 Å². The molecule has 1 amide bonds. The van der Waals surface area contributed by atoms with Gasteiger partial charge in [0.1, 0.15) is 0 Å². The molecule has 4 aromatic rings. The number of para-hydroxylation sites is 1. The highest BCUT2D eigenvalue weighted by atomic mass is 16.7. The highest BCUT2D eigenvalue weighted by Crippen LogP contribution is 2.32. The molecule has 0 unspecified atom stereocenters. The predicted molar refractivity (Wildman–Crippen MR) is 112 cm³/mol. The summed E-state index contributed by atoms with van der Waals surface area (Å²) in [4.78, 5) is 17.0. The number of fused-ring (bicyclic) bond motifs is 2. The largest absolute Gasteiger partial charge is 0.454 e. The molecule has 3 aromatic carbocycles. The van der Waals surface area contributed by atoms with Crippen molar-refractivity contribution >= 4 is 33.9 Å². The molecule has 1 aliphatic rings. The van der Waals surface area contributed by atoms with Crippen molar-refractivity contribution in [2.24, 2.45) is 0 Å². The lowest BCUT2D eigenvalue weighted by Crippen LogP contribution is -2.11. The number of amides is 1. The number of rotatable bonds is 4. The Labute approximate surface area is 167 Å². The van der Waals surface area contributed by atoms with E-state index in [-0.39, 0.29) is 12.7 Å². The normalized spacial score (nSPS) is 12.0. The summed E-state index contributed by atoms with van der Waals surface area (Å²) in [6, 6.07) is 22.6. The van der Waals surface area contributed by atoms with Crippen LogP contribution in [-0.4, -0.2) is 17.7 Å². The molecule has 0 spiro atoms. The van der Waals surface area contributed by atoms with Crippen LogP contribution in [0.4, 0.5) is 17.1 Å². The molecule has 0 atom stereocenters. The van der Waals surface area contributed by atoms with Crippen molar-refractivity contribution in [2.75, 3.05) is 17.4 Å². The topological polar surface area (TPSA) is 72.5 Å². The summed E-state index contributed by atoms with van der Waals surface area (Å²) in [6.07, 6.45) is 1.78. The monoisotopic (exact) mass is 383 g/mol. The molecular weight excluding hydrogens is 366 g/mol. The van der Waals surface area contributed by atoms with E-state index in [2.05, 4.69) is 15.6 Å². The molecular formula is C23H17N3O3. The van der Waals surface area contributed by atoms with Crippen LogP contribution in [0.3, 0.4) is 0 Å². The fourth-order valence-corrected chi connectivity index (χ4v) is 3.24. The predicted octanol–water partition coefficient (Wildman–Crippen LogP) is 4.96. The minimum absolute atomic E-state index is 0.182. The smallest absolute Gasteiger partial charge is 0.255 e. The summed E-state index contributed by atoms with van der Waals surface area (Å²) in [5.74, 6) is 1.03. The number of carbonyl (C=O) groups excluding carboxylic acids is 1. The highest BCUT2D eigenvalue weighted by molar-refractivity contribution is 6.04. The Morgan fingerprint density at radius 2 is 1.66 bits per heavy atom. The van der Waals surface area contributed by atoms with Gasteiger partial charge in [-0.15, -0.1) is 0 Å². The molecule has 0 radical (unpaired) electrons. The molecule has 6 heteroatoms. The van der Waals surface area contributed by atoms with Gasteiger partial charge in [0.15, 0.2) is 11.5 Å². The van der Waals surface area contributed by atoms with E-state index < -0.39 is 0 Å². The summed E-state index contributed by atoms with van der Waals surface area (Å²) in [5, 5.41) is 7.35. The van der Waals surface area contributed by atoms with Gasteiger partial charge in [0.25, 0.3) is 5.91 Å². The van der Waals surface area contributed by atoms with Crippen LogP contribution in [0.5, 0.6) is 11.5 Å². The number of hydrogen-bond donors (Lipinski definition) is 2. The van der Waals surface area contributed by atoms with Crippen molar-refractivity contribution in [2.45, 2.75) is 0 Å². The van der Waals surface area contributed by atoms with Crippen molar-refractivity contribution in [1.82, 2.24) is 4.98 Å². The second-order valence-electron chi connectivity index (χ2n) is 6.61. The molecule has 2 heterocycles. The molecule has 1 aliphatic heterocycles. The van der Waals surface area contributed by atoms with Gasteiger partial charge in [-0.1, -0.05) is 18.2 Å². The zero-order valence-electron chi connectivity index (χ0n) is 15.4. The van der Waals surface area contributed by atoms with Crippen LogP contribution in [0.25, 0.3) is 10.9 Å². The summed E-state index contributed by atoms with van der Waals surface area (Å²) in [5.41, 5.74) is 3.97. The zero-order valence-corrected chi connectivity index (χ0v) is 15.4. The SMILES string of the molecule is O=C(Nc1ccc(Nc2cccc3cccnc23)cc1)c1ccc2c(c1)OCO2. The van der Waals surface area contributed by atoms with E-state index in [1.807, 2.05) is 54.6 Å². The summed E-state index contributed by atoms with van der Waals surface area (Å²) >= 11 is 0. The summed E-state index contributed by atoms with van der Waals surface area (Å²) in [7, 11) is 0. The van der Waals surface area contributed by atoms with Crippen LogP contribution in [0.1, 0.15) is 10.4 Å². The van der Waals surface area contributed by atoms with E-state index in [1.54, 1.807) is 24.4 Å². The third kappa shape index (κ3) is 3.43. The number of aromatic nitrogens is 1. The van der Waals surface area contributed by atoms with E-state index in [0.29, 0.717) is 22.7 Å². The second-order valence-corrected chi connectivity index (χ2v) is 6.61. The molecule has 0 saturated heterocycles. The fraction of sp³-hybridized carbons (Fsp3) is 0.0435. The van der Waals surface area contributed by atoms with Crippen molar-refractivity contribution in [1.29, 1.82) is 0 Å². The van der Waals surface area contributed by atoms with Gasteiger partial charge in [-0.25, -0.2) is 0 Å². The van der Waals surface area contributed by atoms with Gasteiger partial charge in [0, 0.05) is 28.5 Å². The Morgan fingerprint density at radius 3 is 2.55 bits per heavy atom. The van der Waals surface area contributed by atoms with Gasteiger partial charge in [-0.3, -0.25) is 9.78 Å². The van der Waals surface area contributed by atoms with Gasteiger partial charge in [-0.2, -0.15) is 0 Å². The molecule has 6 nitrogen and oxygen atoms in total. The molecule has 0 fully saturated rings. The molecule has 142 valence electrons. The van der Waals surface area contributed by atoms with Crippen molar-refractivity contribution in [3.05, 3.63) is 84.6 Å². The number of pyridine rings is 1. The first-order valence-electron chi connectivity index (χ1n) is 9.18. The van der Waals surface area contributed by atoms with E-state index in [0.717, 1.165) is 22.3 Å². The van der Waals surface area contributed by atoms with Crippen LogP contribution in [0, 0.1) is 0 Å². The maximum Gasteiger partial charge on any atom is 0.255 e. The third-order valence-electron chi connectivity index (χ3n) is 4.69. The molecule has 29 heavy (non-hydrogen) atoms. The summed E-state index contributed by atoms with van der Waals surface area (Å²) < 4.78 is 10.6. The summed E-state index contributed by atoms with van der Waals surface area (Å²) in [6.45, 7) is 0.182. The zero-order chi connectivity index (χ0) is 19.6. The minimum Gasteiger partial charge on any atom is -0.454 e. The van der Waals surface area contributed by atoms with Gasteiger partial charge in [0.05, 0.1) is 11.2 Å². The molecule has 1 aromatic heterocycles. The number of anilines is 3. The van der Waals surface area contributed by atoms with E-state index >= 15 is 0 Å². The number of carbonyl (C=O) groups is 1. The van der Waals surface area contributed by atoms with Crippen LogP contribution in [0.15, 0.2) is 79.0 Å². The van der Waals surface area contributed by atoms with Crippen LogP contribution < -0.4 is 20.1 Å². The first-order chi connectivity index (χ1) is 14.3. The third-order valence-corrected chi connectivity index (χ3v) is 4.69. The highest BCUT2D eigenvalue weighted by Gasteiger charge is 2.16. The maximum atomic E-state index is 12.5. The average Bonchev–Trinajstić information content (AvgIpc) is 3.23. The minimum atomic E-state index is -0.206. The average molecular weight is 383 g/mol. The second kappa shape index (κ2) is 7.16. The van der Waals surface area contributed by atoms with Gasteiger partial charge in [0.2, 0.25) is 6.79 Å². The lowest BCUT2D eigenvalue weighted by atomic mass is 10.1. The van der Waals surface area contributed by atoms with Gasteiger partial charge < -0.3 is 20.1 Å². The Balaban J connectivity index is 1.30. The lowest BCUT2D eigenvalue weighted by Gasteiger charge is -2.10. The van der Waals surface area contributed by atoms with Gasteiger partial charge in [-0.05, 0) is 54.6 Å². The molecule has 0 saturated carbocycles. The van der Waals surface area contributed by atoms with Crippen LogP contribution in [-0.2, 0) is 0 Å². The Bertz CT molecular complexity index is 1200. The van der Waals surface area contributed by atoms with Crippen molar-refractivity contribution in [3.8, 4) is 11.5 Å². The number of benzene rings is 3. The van der Waals surface area contributed by atoms with E-state index in [1.165, 1.54) is 0 Å². The van der Waals surface area contributed by atoms with Crippen molar-refractivity contribution < 1.29 is 14.3 Å². The lowest BCUT2D eigenvalue weighted by molar-refractivity contribution is 0.102. The number of ether oxygens (including phenoxy) is 2. The number of hydrogen-bond acceptors (Lipinski definition) is 5.